The van der Waals surface area contributed by atoms with Gasteiger partial charge in [-0.3, -0.25) is 4.79 Å². The number of hydrogen-bond acceptors (Lipinski definition) is 6. The van der Waals surface area contributed by atoms with Crippen LogP contribution in [0.5, 0.6) is 5.75 Å². The Morgan fingerprint density at radius 3 is 2.96 bits per heavy atom. The molecule has 2 N–H and O–H groups in total. The number of nitrogens with zero attached hydrogens (tertiary/aromatic N) is 4. The van der Waals surface area contributed by atoms with Crippen molar-refractivity contribution in [3.8, 4) is 5.75 Å². The van der Waals surface area contributed by atoms with Crippen molar-refractivity contribution in [2.45, 2.75) is 12.8 Å². The highest BCUT2D eigenvalue weighted by molar-refractivity contribution is 6.10. The number of aliphatic hydroxyl groups is 1. The van der Waals surface area contributed by atoms with Crippen molar-refractivity contribution in [2.75, 3.05) is 6.61 Å². The van der Waals surface area contributed by atoms with Crippen LogP contribution in [0.2, 0.25) is 0 Å². The Balaban J connectivity index is 1.96. The molecule has 3 aromatic rings. The lowest BCUT2D eigenvalue weighted by Gasteiger charge is -2.04. The Bertz CT molecular complexity index is 878. The molecule has 0 aliphatic carbocycles. The summed E-state index contributed by atoms with van der Waals surface area (Å²) in [6.45, 7) is 0.0333. The van der Waals surface area contributed by atoms with Gasteiger partial charge in [0, 0.05) is 25.4 Å². The highest BCUT2D eigenvalue weighted by Crippen LogP contribution is 2.21. The fourth-order valence-corrected chi connectivity index (χ4v) is 2.13. The van der Waals surface area contributed by atoms with Crippen molar-refractivity contribution in [1.82, 2.24) is 19.6 Å². The van der Waals surface area contributed by atoms with Gasteiger partial charge < -0.3 is 10.2 Å². The Labute approximate surface area is 130 Å². The highest BCUT2D eigenvalue weighted by Gasteiger charge is 2.16. The summed E-state index contributed by atoms with van der Waals surface area (Å²) in [5.41, 5.74) is 0.00350. The van der Waals surface area contributed by atoms with Crippen LogP contribution in [-0.2, 0) is 6.42 Å². The van der Waals surface area contributed by atoms with Crippen LogP contribution in [0.25, 0.3) is 5.78 Å². The molecule has 3 rings (SSSR count). The standard InChI is InChI=1S/C15H13FN4O3/c16-10-3-4-12(22)11(6-10)14(23)9-7-17-15-18-13(2-1-5-21)19-20(15)8-9/h3-4,6-8,21-22H,1-2,5H2. The molecule has 0 saturated carbocycles. The zero-order valence-corrected chi connectivity index (χ0v) is 12.0. The van der Waals surface area contributed by atoms with E-state index in [0.717, 1.165) is 18.2 Å². The van der Waals surface area contributed by atoms with Crippen molar-refractivity contribution in [3.63, 3.8) is 0 Å². The first-order chi connectivity index (χ1) is 11.1. The van der Waals surface area contributed by atoms with E-state index in [0.29, 0.717) is 24.4 Å². The van der Waals surface area contributed by atoms with E-state index in [1.165, 1.54) is 16.9 Å². The van der Waals surface area contributed by atoms with Gasteiger partial charge in [-0.1, -0.05) is 0 Å². The van der Waals surface area contributed by atoms with Gasteiger partial charge in [-0.15, -0.1) is 5.10 Å². The van der Waals surface area contributed by atoms with Crippen molar-refractivity contribution in [2.24, 2.45) is 0 Å². The SMILES string of the molecule is O=C(c1cnc2nc(CCCO)nn2c1)c1cc(F)ccc1O. The van der Waals surface area contributed by atoms with Gasteiger partial charge >= 0.3 is 0 Å². The second-order valence-corrected chi connectivity index (χ2v) is 4.93. The van der Waals surface area contributed by atoms with Gasteiger partial charge in [-0.05, 0) is 24.6 Å². The molecule has 118 valence electrons. The number of phenols is 1. The average molecular weight is 316 g/mol. The van der Waals surface area contributed by atoms with E-state index in [4.69, 9.17) is 5.11 Å². The minimum atomic E-state index is -0.618. The molecule has 0 saturated heterocycles. The second kappa shape index (κ2) is 6.09. The second-order valence-electron chi connectivity index (χ2n) is 4.93. The summed E-state index contributed by atoms with van der Waals surface area (Å²) < 4.78 is 14.6. The topological polar surface area (TPSA) is 101 Å². The number of ketones is 1. The van der Waals surface area contributed by atoms with Crippen LogP contribution >= 0.6 is 0 Å². The molecule has 0 unspecified atom stereocenters. The Morgan fingerprint density at radius 1 is 1.35 bits per heavy atom. The average Bonchev–Trinajstić information content (AvgIpc) is 2.96. The number of aromatic hydroxyl groups is 1. The number of rotatable bonds is 5. The van der Waals surface area contributed by atoms with E-state index in [9.17, 15) is 14.3 Å². The van der Waals surface area contributed by atoms with Gasteiger partial charge in [-0.25, -0.2) is 13.9 Å². The number of carbonyl (C=O) groups excluding carboxylic acids is 1. The normalized spacial score (nSPS) is 11.0. The van der Waals surface area contributed by atoms with Crippen LogP contribution < -0.4 is 0 Å². The van der Waals surface area contributed by atoms with E-state index in [2.05, 4.69) is 15.1 Å². The van der Waals surface area contributed by atoms with Crippen LogP contribution in [0.4, 0.5) is 4.39 Å². The summed E-state index contributed by atoms with van der Waals surface area (Å²) in [5, 5.41) is 22.7. The van der Waals surface area contributed by atoms with Crippen LogP contribution in [0.15, 0.2) is 30.6 Å². The summed E-state index contributed by atoms with van der Waals surface area (Å²) in [5.74, 6) is -0.669. The molecule has 23 heavy (non-hydrogen) atoms. The Hall–Kier alpha value is -2.87. The Morgan fingerprint density at radius 2 is 2.17 bits per heavy atom. The van der Waals surface area contributed by atoms with E-state index < -0.39 is 11.6 Å². The minimum Gasteiger partial charge on any atom is -0.507 e. The Kier molecular flexibility index (Phi) is 3.98. The number of halogens is 1. The summed E-state index contributed by atoms with van der Waals surface area (Å²) in [6, 6.07) is 3.16. The third-order valence-electron chi connectivity index (χ3n) is 3.26. The van der Waals surface area contributed by atoms with Gasteiger partial charge in [0.05, 0.1) is 11.1 Å². The smallest absolute Gasteiger partial charge is 0.252 e. The van der Waals surface area contributed by atoms with Gasteiger partial charge in [0.25, 0.3) is 5.78 Å². The number of benzene rings is 1. The van der Waals surface area contributed by atoms with E-state index in [1.807, 2.05) is 0 Å². The molecule has 2 heterocycles. The lowest BCUT2D eigenvalue weighted by atomic mass is 10.1. The predicted molar refractivity (Wildman–Crippen MR) is 77.7 cm³/mol. The first-order valence-electron chi connectivity index (χ1n) is 6.94. The van der Waals surface area contributed by atoms with E-state index in [1.54, 1.807) is 0 Å². The van der Waals surface area contributed by atoms with Crippen molar-refractivity contribution >= 4 is 11.6 Å². The van der Waals surface area contributed by atoms with Gasteiger partial charge in [0.1, 0.15) is 11.6 Å². The molecule has 2 aromatic heterocycles. The quantitative estimate of drug-likeness (QED) is 0.684. The van der Waals surface area contributed by atoms with Crippen LogP contribution in [0, 0.1) is 5.82 Å². The molecule has 0 fully saturated rings. The zero-order chi connectivity index (χ0) is 16.4. The maximum absolute atomic E-state index is 13.3. The first-order valence-corrected chi connectivity index (χ1v) is 6.94. The largest absolute Gasteiger partial charge is 0.507 e. The number of carbonyl (C=O) groups is 1. The molecule has 0 amide bonds. The van der Waals surface area contributed by atoms with Gasteiger partial charge in [-0.2, -0.15) is 4.98 Å². The van der Waals surface area contributed by atoms with E-state index in [-0.39, 0.29) is 23.5 Å². The molecular weight excluding hydrogens is 303 g/mol. The van der Waals surface area contributed by atoms with Crippen LogP contribution in [-0.4, -0.2) is 42.2 Å². The number of hydrogen-bond donors (Lipinski definition) is 2. The maximum Gasteiger partial charge on any atom is 0.252 e. The molecule has 0 atom stereocenters. The van der Waals surface area contributed by atoms with Crippen LogP contribution in [0.3, 0.4) is 0 Å². The summed E-state index contributed by atoms with van der Waals surface area (Å²) >= 11 is 0. The molecule has 1 aromatic carbocycles. The van der Waals surface area contributed by atoms with Crippen LogP contribution in [0.1, 0.15) is 28.2 Å². The molecule has 0 bridgehead atoms. The first kappa shape index (κ1) is 15.0. The third-order valence-corrected chi connectivity index (χ3v) is 3.26. The highest BCUT2D eigenvalue weighted by atomic mass is 19.1. The summed E-state index contributed by atoms with van der Waals surface area (Å²) in [7, 11) is 0. The molecule has 0 aliphatic heterocycles. The third kappa shape index (κ3) is 3.02. The number of fused-ring (bicyclic) bond motifs is 1. The van der Waals surface area contributed by atoms with Crippen molar-refractivity contribution in [1.29, 1.82) is 0 Å². The molecule has 0 radical (unpaired) electrons. The fraction of sp³-hybridized carbons (Fsp3) is 0.200. The number of aromatic nitrogens is 4. The summed E-state index contributed by atoms with van der Waals surface area (Å²) in [4.78, 5) is 20.6. The minimum absolute atomic E-state index is 0.0333. The van der Waals surface area contributed by atoms with Crippen molar-refractivity contribution in [3.05, 3.63) is 53.4 Å². The van der Waals surface area contributed by atoms with E-state index >= 15 is 0 Å². The molecule has 7 nitrogen and oxygen atoms in total. The summed E-state index contributed by atoms with van der Waals surface area (Å²) in [6.07, 6.45) is 3.74. The maximum atomic E-state index is 13.3. The monoisotopic (exact) mass is 316 g/mol. The van der Waals surface area contributed by atoms with Gasteiger partial charge in [0.2, 0.25) is 0 Å². The predicted octanol–water partition coefficient (Wildman–Crippen LogP) is 1.12. The van der Waals surface area contributed by atoms with Gasteiger partial charge in [0.15, 0.2) is 11.6 Å². The number of aliphatic hydroxyl groups excluding tert-OH is 1. The number of aryl methyl sites for hydroxylation is 1. The molecule has 0 aliphatic rings. The molecular formula is C15H13FN4O3. The van der Waals surface area contributed by atoms with Crippen molar-refractivity contribution < 1.29 is 19.4 Å². The molecule has 8 heteroatoms. The fourth-order valence-electron chi connectivity index (χ4n) is 2.13. The molecule has 0 spiro atoms. The lowest BCUT2D eigenvalue weighted by Crippen LogP contribution is -2.05. The zero-order valence-electron chi connectivity index (χ0n) is 12.0. The lowest BCUT2D eigenvalue weighted by molar-refractivity contribution is 0.103. The number of phenolic OH excluding ortho intramolecular Hbond substituents is 1.